The molecule has 100 valence electrons. The van der Waals surface area contributed by atoms with Gasteiger partial charge in [-0.25, -0.2) is 0 Å². The van der Waals surface area contributed by atoms with Crippen LogP contribution in [0.1, 0.15) is 18.5 Å². The Kier molecular flexibility index (Phi) is 3.42. The van der Waals surface area contributed by atoms with E-state index in [4.69, 9.17) is 0 Å². The van der Waals surface area contributed by atoms with Crippen molar-refractivity contribution in [3.8, 4) is 0 Å². The van der Waals surface area contributed by atoms with E-state index < -0.39 is 0 Å². The van der Waals surface area contributed by atoms with Gasteiger partial charge in [-0.05, 0) is 35.4 Å². The van der Waals surface area contributed by atoms with Crippen LogP contribution in [0.3, 0.4) is 0 Å². The predicted octanol–water partition coefficient (Wildman–Crippen LogP) is 5.04. The highest BCUT2D eigenvalue weighted by Crippen LogP contribution is 2.30. The summed E-state index contributed by atoms with van der Waals surface area (Å²) in [5.41, 5.74) is 2.61. The van der Waals surface area contributed by atoms with Crippen molar-refractivity contribution in [2.75, 3.05) is 11.9 Å². The fourth-order valence-corrected chi connectivity index (χ4v) is 2.71. The zero-order valence-electron chi connectivity index (χ0n) is 12.0. The monoisotopic (exact) mass is 261 g/mol. The predicted molar refractivity (Wildman–Crippen MR) is 87.2 cm³/mol. The van der Waals surface area contributed by atoms with E-state index in [1.807, 2.05) is 0 Å². The van der Waals surface area contributed by atoms with Gasteiger partial charge in [0.1, 0.15) is 0 Å². The van der Waals surface area contributed by atoms with Gasteiger partial charge in [0, 0.05) is 12.7 Å². The molecule has 0 aromatic heterocycles. The number of hydrogen-bond donors (Lipinski definition) is 0. The SMILES string of the molecule is C[C@H](c1cccc2ccccc12)N(C)c1ccccc1. The van der Waals surface area contributed by atoms with Crippen molar-refractivity contribution in [1.29, 1.82) is 0 Å². The molecule has 1 atom stereocenters. The highest BCUT2D eigenvalue weighted by molar-refractivity contribution is 5.86. The summed E-state index contributed by atoms with van der Waals surface area (Å²) in [6.45, 7) is 2.26. The van der Waals surface area contributed by atoms with Crippen molar-refractivity contribution in [3.63, 3.8) is 0 Å². The molecule has 0 aliphatic carbocycles. The van der Waals surface area contributed by atoms with E-state index in [2.05, 4.69) is 91.7 Å². The average Bonchev–Trinajstić information content (AvgIpc) is 2.54. The van der Waals surface area contributed by atoms with Crippen molar-refractivity contribution in [1.82, 2.24) is 0 Å². The van der Waals surface area contributed by atoms with Crippen molar-refractivity contribution < 1.29 is 0 Å². The van der Waals surface area contributed by atoms with Crippen LogP contribution in [-0.4, -0.2) is 7.05 Å². The van der Waals surface area contributed by atoms with Crippen LogP contribution < -0.4 is 4.90 Å². The highest BCUT2D eigenvalue weighted by atomic mass is 15.1. The molecule has 1 heteroatoms. The summed E-state index contributed by atoms with van der Waals surface area (Å²) in [5, 5.41) is 2.64. The first kappa shape index (κ1) is 12.7. The second kappa shape index (κ2) is 5.38. The molecule has 0 spiro atoms. The summed E-state index contributed by atoms with van der Waals surface area (Å²) in [4.78, 5) is 2.32. The molecule has 0 heterocycles. The van der Waals surface area contributed by atoms with Gasteiger partial charge in [-0.3, -0.25) is 0 Å². The maximum Gasteiger partial charge on any atom is 0.0517 e. The Morgan fingerprint density at radius 1 is 0.750 bits per heavy atom. The van der Waals surface area contributed by atoms with Gasteiger partial charge >= 0.3 is 0 Å². The molecule has 0 fully saturated rings. The normalized spacial score (nSPS) is 12.3. The van der Waals surface area contributed by atoms with Crippen molar-refractivity contribution >= 4 is 16.5 Å². The summed E-state index contributed by atoms with van der Waals surface area (Å²) in [6, 6.07) is 26.0. The number of para-hydroxylation sites is 1. The molecule has 0 amide bonds. The third-order valence-corrected chi connectivity index (χ3v) is 4.02. The summed E-state index contributed by atoms with van der Waals surface area (Å²) in [6.07, 6.45) is 0. The summed E-state index contributed by atoms with van der Waals surface area (Å²) in [5.74, 6) is 0. The maximum absolute atomic E-state index is 2.32. The fourth-order valence-electron chi connectivity index (χ4n) is 2.71. The number of benzene rings is 3. The zero-order chi connectivity index (χ0) is 13.9. The van der Waals surface area contributed by atoms with Crippen molar-refractivity contribution in [3.05, 3.63) is 78.4 Å². The van der Waals surface area contributed by atoms with Crippen LogP contribution in [0, 0.1) is 0 Å². The van der Waals surface area contributed by atoms with Gasteiger partial charge < -0.3 is 4.90 Å². The summed E-state index contributed by atoms with van der Waals surface area (Å²) < 4.78 is 0. The van der Waals surface area contributed by atoms with Crippen LogP contribution in [0.5, 0.6) is 0 Å². The van der Waals surface area contributed by atoms with Crippen molar-refractivity contribution in [2.45, 2.75) is 13.0 Å². The maximum atomic E-state index is 2.32. The second-order valence-corrected chi connectivity index (χ2v) is 5.19. The van der Waals surface area contributed by atoms with Crippen LogP contribution in [0.2, 0.25) is 0 Å². The molecule has 3 aromatic carbocycles. The van der Waals surface area contributed by atoms with Gasteiger partial charge in [0.25, 0.3) is 0 Å². The first-order valence-electron chi connectivity index (χ1n) is 7.03. The topological polar surface area (TPSA) is 3.24 Å². The Bertz CT molecular complexity index is 698. The number of hydrogen-bond acceptors (Lipinski definition) is 1. The lowest BCUT2D eigenvalue weighted by atomic mass is 9.98. The summed E-state index contributed by atoms with van der Waals surface area (Å²) in [7, 11) is 2.15. The number of fused-ring (bicyclic) bond motifs is 1. The van der Waals surface area contributed by atoms with E-state index in [1.165, 1.54) is 22.0 Å². The number of anilines is 1. The Balaban J connectivity index is 2.03. The zero-order valence-corrected chi connectivity index (χ0v) is 12.0. The Hall–Kier alpha value is -2.28. The molecule has 0 N–H and O–H groups in total. The minimum atomic E-state index is 0.337. The molecule has 0 aliphatic rings. The average molecular weight is 261 g/mol. The van der Waals surface area contributed by atoms with E-state index in [-0.39, 0.29) is 0 Å². The van der Waals surface area contributed by atoms with E-state index >= 15 is 0 Å². The van der Waals surface area contributed by atoms with Gasteiger partial charge in [-0.1, -0.05) is 60.7 Å². The van der Waals surface area contributed by atoms with E-state index in [0.29, 0.717) is 6.04 Å². The van der Waals surface area contributed by atoms with Gasteiger partial charge in [0.2, 0.25) is 0 Å². The van der Waals surface area contributed by atoms with Crippen LogP contribution in [0.25, 0.3) is 10.8 Å². The molecule has 1 nitrogen and oxygen atoms in total. The molecule has 3 aromatic rings. The second-order valence-electron chi connectivity index (χ2n) is 5.19. The molecule has 20 heavy (non-hydrogen) atoms. The fraction of sp³-hybridized carbons (Fsp3) is 0.158. The minimum absolute atomic E-state index is 0.337. The van der Waals surface area contributed by atoms with E-state index in [0.717, 1.165) is 0 Å². The molecule has 0 aliphatic heterocycles. The molecule has 0 unspecified atom stereocenters. The Labute approximate surface area is 120 Å². The van der Waals surface area contributed by atoms with Gasteiger partial charge in [-0.15, -0.1) is 0 Å². The highest BCUT2D eigenvalue weighted by Gasteiger charge is 2.14. The first-order chi connectivity index (χ1) is 9.77. The quantitative estimate of drug-likeness (QED) is 0.638. The first-order valence-corrected chi connectivity index (χ1v) is 7.03. The van der Waals surface area contributed by atoms with Gasteiger partial charge in [-0.2, -0.15) is 0 Å². The van der Waals surface area contributed by atoms with Gasteiger partial charge in [0.05, 0.1) is 6.04 Å². The third-order valence-electron chi connectivity index (χ3n) is 4.02. The van der Waals surface area contributed by atoms with Gasteiger partial charge in [0.15, 0.2) is 0 Å². The van der Waals surface area contributed by atoms with Crippen LogP contribution in [-0.2, 0) is 0 Å². The molecule has 0 bridgehead atoms. The van der Waals surface area contributed by atoms with Crippen LogP contribution in [0.4, 0.5) is 5.69 Å². The molecule has 0 saturated heterocycles. The van der Waals surface area contributed by atoms with E-state index in [1.54, 1.807) is 0 Å². The lowest BCUT2D eigenvalue weighted by Crippen LogP contribution is -2.21. The molecule has 3 rings (SSSR count). The number of rotatable bonds is 3. The molecular formula is C19H19N. The smallest absolute Gasteiger partial charge is 0.0517 e. The van der Waals surface area contributed by atoms with Crippen LogP contribution in [0.15, 0.2) is 72.8 Å². The molecular weight excluding hydrogens is 242 g/mol. The molecule has 0 radical (unpaired) electrons. The lowest BCUT2D eigenvalue weighted by Gasteiger charge is -2.28. The van der Waals surface area contributed by atoms with Crippen LogP contribution >= 0.6 is 0 Å². The Morgan fingerprint density at radius 2 is 1.40 bits per heavy atom. The summed E-state index contributed by atoms with van der Waals surface area (Å²) >= 11 is 0. The lowest BCUT2D eigenvalue weighted by molar-refractivity contribution is 0.746. The van der Waals surface area contributed by atoms with E-state index in [9.17, 15) is 0 Å². The van der Waals surface area contributed by atoms with Crippen molar-refractivity contribution in [2.24, 2.45) is 0 Å². The standard InChI is InChI=1S/C19H19N/c1-15(20(2)17-11-4-3-5-12-17)18-14-8-10-16-9-6-7-13-19(16)18/h3-15H,1-2H3/t15-/m1/s1. The largest absolute Gasteiger partial charge is 0.368 e. The third kappa shape index (κ3) is 2.27. The number of nitrogens with zero attached hydrogens (tertiary/aromatic N) is 1. The Morgan fingerprint density at radius 3 is 2.20 bits per heavy atom. The molecule has 0 saturated carbocycles. The minimum Gasteiger partial charge on any atom is -0.368 e.